The van der Waals surface area contributed by atoms with Gasteiger partial charge in [0.1, 0.15) is 0 Å². The highest BCUT2D eigenvalue weighted by atomic mass is 16.5. The predicted molar refractivity (Wildman–Crippen MR) is 95.9 cm³/mol. The van der Waals surface area contributed by atoms with Crippen LogP contribution in [0.4, 0.5) is 0 Å². The molecule has 1 fully saturated rings. The van der Waals surface area contributed by atoms with Crippen LogP contribution >= 0.6 is 0 Å². The monoisotopic (exact) mass is 329 g/mol. The molecule has 4 nitrogen and oxygen atoms in total. The minimum absolute atomic E-state index is 0.108. The van der Waals surface area contributed by atoms with Gasteiger partial charge in [0.05, 0.1) is 38.1 Å². The molecule has 23 heavy (non-hydrogen) atoms. The zero-order chi connectivity index (χ0) is 17.7. The van der Waals surface area contributed by atoms with Gasteiger partial charge in [0.15, 0.2) is 0 Å². The molecule has 0 radical (unpaired) electrons. The van der Waals surface area contributed by atoms with Crippen molar-refractivity contribution in [2.45, 2.75) is 60.2 Å². The van der Waals surface area contributed by atoms with E-state index in [0.717, 1.165) is 39.5 Å². The third-order valence-electron chi connectivity index (χ3n) is 3.93. The van der Waals surface area contributed by atoms with E-state index >= 15 is 0 Å². The zero-order valence-electron chi connectivity index (χ0n) is 16.6. The van der Waals surface area contributed by atoms with Gasteiger partial charge in [-0.05, 0) is 33.2 Å². The molecule has 138 valence electrons. The van der Waals surface area contributed by atoms with Gasteiger partial charge in [-0.3, -0.25) is 0 Å². The van der Waals surface area contributed by atoms with E-state index in [9.17, 15) is 0 Å². The van der Waals surface area contributed by atoms with Gasteiger partial charge in [0.25, 0.3) is 0 Å². The van der Waals surface area contributed by atoms with E-state index in [4.69, 9.17) is 14.2 Å². The molecular weight excluding hydrogens is 290 g/mol. The highest BCUT2D eigenvalue weighted by Crippen LogP contribution is 2.28. The number of hydrogen-bond acceptors (Lipinski definition) is 4. The zero-order valence-corrected chi connectivity index (χ0v) is 16.6. The smallest absolute Gasteiger partial charge is 0.0692 e. The first-order chi connectivity index (χ1) is 10.5. The summed E-state index contributed by atoms with van der Waals surface area (Å²) < 4.78 is 17.9. The molecule has 0 amide bonds. The first-order valence-corrected chi connectivity index (χ1v) is 9.00. The predicted octanol–water partition coefficient (Wildman–Crippen LogP) is 3.45. The largest absolute Gasteiger partial charge is 0.381 e. The Hall–Kier alpha value is -0.160. The maximum Gasteiger partial charge on any atom is 0.0692 e. The van der Waals surface area contributed by atoms with Crippen molar-refractivity contribution >= 4 is 0 Å². The Morgan fingerprint density at radius 1 is 1.09 bits per heavy atom. The van der Waals surface area contributed by atoms with E-state index in [-0.39, 0.29) is 17.1 Å². The van der Waals surface area contributed by atoms with Crippen LogP contribution in [-0.2, 0) is 14.2 Å². The molecule has 0 aliphatic carbocycles. The van der Waals surface area contributed by atoms with Gasteiger partial charge in [-0.15, -0.1) is 0 Å². The van der Waals surface area contributed by atoms with Crippen LogP contribution in [0.5, 0.6) is 0 Å². The Balaban J connectivity index is 2.42. The third-order valence-corrected chi connectivity index (χ3v) is 3.93. The van der Waals surface area contributed by atoms with Crippen LogP contribution in [0.25, 0.3) is 0 Å². The standard InChI is InChI=1S/C19H39NO3/c1-15-12-22-13-16(17(15)23-19(5,6)7)11-20(8)9-10-21-14-18(2,3)4/h15-17H,9-14H2,1-8H3. The number of likely N-dealkylation sites (N-methyl/N-ethyl adjacent to an activating group) is 1. The number of hydrogen-bond donors (Lipinski definition) is 0. The molecule has 0 aromatic rings. The fourth-order valence-corrected chi connectivity index (χ4v) is 2.93. The summed E-state index contributed by atoms with van der Waals surface area (Å²) in [5.41, 5.74) is 0.125. The molecule has 0 saturated carbocycles. The van der Waals surface area contributed by atoms with E-state index < -0.39 is 0 Å². The lowest BCUT2D eigenvalue weighted by atomic mass is 9.89. The second-order valence-electron chi connectivity index (χ2n) is 9.35. The number of nitrogens with zero attached hydrogens (tertiary/aromatic N) is 1. The lowest BCUT2D eigenvalue weighted by Gasteiger charge is -2.41. The van der Waals surface area contributed by atoms with Crippen molar-refractivity contribution in [2.24, 2.45) is 17.3 Å². The molecule has 1 aliphatic heterocycles. The summed E-state index contributed by atoms with van der Waals surface area (Å²) in [7, 11) is 2.16. The average molecular weight is 330 g/mol. The summed E-state index contributed by atoms with van der Waals surface area (Å²) in [6.45, 7) is 20.4. The molecule has 3 unspecified atom stereocenters. The third kappa shape index (κ3) is 9.04. The van der Waals surface area contributed by atoms with Crippen molar-refractivity contribution in [3.05, 3.63) is 0 Å². The van der Waals surface area contributed by atoms with Crippen LogP contribution in [0.3, 0.4) is 0 Å². The molecule has 4 heteroatoms. The molecular formula is C19H39NO3. The first-order valence-electron chi connectivity index (χ1n) is 9.00. The van der Waals surface area contributed by atoms with Crippen LogP contribution in [-0.4, -0.2) is 63.2 Å². The van der Waals surface area contributed by atoms with Crippen molar-refractivity contribution in [2.75, 3.05) is 46.6 Å². The number of rotatable bonds is 7. The molecule has 0 aromatic heterocycles. The Kier molecular flexibility index (Phi) is 7.99. The minimum Gasteiger partial charge on any atom is -0.381 e. The van der Waals surface area contributed by atoms with Gasteiger partial charge in [0.2, 0.25) is 0 Å². The lowest BCUT2D eigenvalue weighted by molar-refractivity contribution is -0.160. The highest BCUT2D eigenvalue weighted by Gasteiger charge is 2.35. The maximum atomic E-state index is 6.34. The van der Waals surface area contributed by atoms with Crippen LogP contribution in [0.15, 0.2) is 0 Å². The van der Waals surface area contributed by atoms with Crippen LogP contribution in [0.1, 0.15) is 48.5 Å². The van der Waals surface area contributed by atoms with Gasteiger partial charge in [-0.2, -0.15) is 0 Å². The van der Waals surface area contributed by atoms with Crippen LogP contribution in [0.2, 0.25) is 0 Å². The molecule has 0 bridgehead atoms. The number of ether oxygens (including phenoxy) is 3. The van der Waals surface area contributed by atoms with Crippen molar-refractivity contribution in [3.8, 4) is 0 Å². The topological polar surface area (TPSA) is 30.9 Å². The van der Waals surface area contributed by atoms with Crippen LogP contribution in [0, 0.1) is 17.3 Å². The Morgan fingerprint density at radius 3 is 2.30 bits per heavy atom. The van der Waals surface area contributed by atoms with E-state index in [2.05, 4.69) is 60.4 Å². The summed E-state index contributed by atoms with van der Waals surface area (Å²) in [6.07, 6.45) is 0.265. The Labute approximate surface area is 143 Å². The van der Waals surface area contributed by atoms with Gasteiger partial charge in [-0.1, -0.05) is 27.7 Å². The second kappa shape index (κ2) is 8.80. The molecule has 0 N–H and O–H groups in total. The second-order valence-corrected chi connectivity index (χ2v) is 9.35. The molecule has 0 aromatic carbocycles. The molecule has 3 atom stereocenters. The minimum atomic E-state index is -0.108. The highest BCUT2D eigenvalue weighted by molar-refractivity contribution is 4.83. The molecule has 1 aliphatic rings. The maximum absolute atomic E-state index is 6.34. The first kappa shape index (κ1) is 20.9. The fraction of sp³-hybridized carbons (Fsp3) is 1.00. The van der Waals surface area contributed by atoms with Gasteiger partial charge < -0.3 is 19.1 Å². The fourth-order valence-electron chi connectivity index (χ4n) is 2.93. The van der Waals surface area contributed by atoms with E-state index in [0.29, 0.717) is 11.8 Å². The summed E-state index contributed by atoms with van der Waals surface area (Å²) in [5, 5.41) is 0. The SMILES string of the molecule is CC1COCC(CN(C)CCOCC(C)(C)C)C1OC(C)(C)C. The quantitative estimate of drug-likeness (QED) is 0.670. The summed E-state index contributed by atoms with van der Waals surface area (Å²) >= 11 is 0. The van der Waals surface area contributed by atoms with Gasteiger partial charge in [0, 0.05) is 24.9 Å². The van der Waals surface area contributed by atoms with Crippen molar-refractivity contribution in [1.82, 2.24) is 4.90 Å². The van der Waals surface area contributed by atoms with E-state index in [1.165, 1.54) is 0 Å². The van der Waals surface area contributed by atoms with Gasteiger partial charge in [-0.25, -0.2) is 0 Å². The van der Waals surface area contributed by atoms with Crippen molar-refractivity contribution in [3.63, 3.8) is 0 Å². The van der Waals surface area contributed by atoms with E-state index in [1.54, 1.807) is 0 Å². The normalized spacial score (nSPS) is 26.7. The van der Waals surface area contributed by atoms with Crippen molar-refractivity contribution < 1.29 is 14.2 Å². The molecule has 0 spiro atoms. The lowest BCUT2D eigenvalue weighted by Crippen LogP contribution is -2.48. The molecule has 1 saturated heterocycles. The molecule has 1 rings (SSSR count). The summed E-state index contributed by atoms with van der Waals surface area (Å²) in [4.78, 5) is 2.34. The van der Waals surface area contributed by atoms with Crippen molar-refractivity contribution in [1.29, 1.82) is 0 Å². The van der Waals surface area contributed by atoms with Crippen LogP contribution < -0.4 is 0 Å². The summed E-state index contributed by atoms with van der Waals surface area (Å²) in [5.74, 6) is 0.865. The Morgan fingerprint density at radius 2 is 1.74 bits per heavy atom. The Bertz CT molecular complexity index is 332. The van der Waals surface area contributed by atoms with E-state index in [1.807, 2.05) is 0 Å². The van der Waals surface area contributed by atoms with Gasteiger partial charge >= 0.3 is 0 Å². The summed E-state index contributed by atoms with van der Waals surface area (Å²) in [6, 6.07) is 0. The average Bonchev–Trinajstić information content (AvgIpc) is 2.36. The molecule has 1 heterocycles.